The Kier molecular flexibility index (Phi) is 6.55. The molecular formula is C22H19N3O3S. The molecule has 0 aliphatic rings. The number of rotatable bonds is 3. The molecule has 0 saturated carbocycles. The molecule has 3 aromatic carbocycles. The van der Waals surface area contributed by atoms with Crippen LogP contribution in [0.5, 0.6) is 0 Å². The summed E-state index contributed by atoms with van der Waals surface area (Å²) in [5, 5.41) is 3.64. The highest BCUT2D eigenvalue weighted by Crippen LogP contribution is 2.30. The Labute approximate surface area is 170 Å². The fourth-order valence-corrected chi connectivity index (χ4v) is 3.15. The van der Waals surface area contributed by atoms with Gasteiger partial charge in [0.1, 0.15) is 0 Å². The highest BCUT2D eigenvalue weighted by molar-refractivity contribution is 7.61. The van der Waals surface area contributed by atoms with Crippen molar-refractivity contribution in [2.24, 2.45) is 4.47 Å². The molecule has 0 atom stereocenters. The van der Waals surface area contributed by atoms with Crippen molar-refractivity contribution in [3.8, 4) is 11.1 Å². The summed E-state index contributed by atoms with van der Waals surface area (Å²) in [5.74, 6) is -0.0359. The predicted molar refractivity (Wildman–Crippen MR) is 115 cm³/mol. The van der Waals surface area contributed by atoms with Crippen LogP contribution < -0.4 is 5.32 Å². The van der Waals surface area contributed by atoms with Gasteiger partial charge in [-0.3, -0.25) is 4.79 Å². The molecule has 0 aliphatic heterocycles. The number of hydrogen-bond donors (Lipinski definition) is 1. The van der Waals surface area contributed by atoms with Crippen LogP contribution in [0.2, 0.25) is 0 Å². The first kappa shape index (κ1) is 20.0. The van der Waals surface area contributed by atoms with E-state index < -0.39 is 10.5 Å². The number of benzene rings is 3. The summed E-state index contributed by atoms with van der Waals surface area (Å²) < 4.78 is 26.5. The Bertz CT molecular complexity index is 1240. The van der Waals surface area contributed by atoms with Crippen molar-refractivity contribution in [2.45, 2.75) is 6.92 Å². The number of nitrogens with one attached hydrogen (secondary N) is 1. The monoisotopic (exact) mass is 405 g/mol. The van der Waals surface area contributed by atoms with Gasteiger partial charge in [0.2, 0.25) is 5.91 Å². The summed E-state index contributed by atoms with van der Waals surface area (Å²) >= 11 is 0. The molecule has 1 amide bonds. The molecule has 6 nitrogen and oxygen atoms in total. The summed E-state index contributed by atoms with van der Waals surface area (Å²) in [6, 6.07) is 26.8. The molecule has 0 radical (unpaired) electrons. The molecule has 4 aromatic rings. The molecule has 1 aromatic heterocycles. The lowest BCUT2D eigenvalue weighted by atomic mass is 10.1. The number of hydrogen-bond acceptors (Lipinski definition) is 4. The number of anilines is 1. The van der Waals surface area contributed by atoms with Crippen LogP contribution in [0, 0.1) is 0 Å². The van der Waals surface area contributed by atoms with Gasteiger partial charge in [0.25, 0.3) is 0 Å². The van der Waals surface area contributed by atoms with Crippen molar-refractivity contribution in [1.29, 1.82) is 0 Å². The minimum absolute atomic E-state index is 0.0359. The second-order valence-corrected chi connectivity index (χ2v) is 6.71. The first-order valence-corrected chi connectivity index (χ1v) is 9.87. The van der Waals surface area contributed by atoms with Crippen molar-refractivity contribution in [2.75, 3.05) is 5.32 Å². The van der Waals surface area contributed by atoms with Crippen LogP contribution >= 0.6 is 0 Å². The molecule has 146 valence electrons. The van der Waals surface area contributed by atoms with Gasteiger partial charge in [-0.1, -0.05) is 66.7 Å². The average molecular weight is 405 g/mol. The molecule has 0 fully saturated rings. The normalized spacial score (nSPS) is 9.97. The maximum absolute atomic E-state index is 10.8. The average Bonchev–Trinajstić information content (AvgIpc) is 3.07. The topological polar surface area (TPSA) is 80.5 Å². The summed E-state index contributed by atoms with van der Waals surface area (Å²) in [5.41, 5.74) is 3.61. The summed E-state index contributed by atoms with van der Waals surface area (Å²) in [4.78, 5) is 10.5. The Morgan fingerprint density at radius 3 is 2.07 bits per heavy atom. The van der Waals surface area contributed by atoms with Gasteiger partial charge in [0.05, 0.1) is 5.52 Å². The maximum Gasteiger partial charge on any atom is 0.333 e. The fourth-order valence-electron chi connectivity index (χ4n) is 2.87. The van der Waals surface area contributed by atoms with Gasteiger partial charge < -0.3 is 5.32 Å². The van der Waals surface area contributed by atoms with Gasteiger partial charge in [0.15, 0.2) is 0 Å². The van der Waals surface area contributed by atoms with E-state index in [1.807, 2.05) is 84.9 Å². The number of carbonyl (C=O) groups excluding carboxylic acids is 1. The molecule has 0 unspecified atom stereocenters. The van der Waals surface area contributed by atoms with Crippen LogP contribution in [0.4, 0.5) is 5.69 Å². The molecule has 0 spiro atoms. The van der Waals surface area contributed by atoms with Crippen molar-refractivity contribution in [3.63, 3.8) is 0 Å². The second kappa shape index (κ2) is 9.48. The highest BCUT2D eigenvalue weighted by Gasteiger charge is 2.09. The molecule has 0 saturated heterocycles. The Balaban J connectivity index is 0.000000204. The second-order valence-electron chi connectivity index (χ2n) is 6.12. The number of nitrogens with zero attached hydrogens (tertiary/aromatic N) is 2. The molecule has 1 heterocycles. The summed E-state index contributed by atoms with van der Waals surface area (Å²) in [7, 11) is -2.48. The minimum Gasteiger partial charge on any atom is -0.326 e. The molecule has 0 aliphatic carbocycles. The van der Waals surface area contributed by atoms with Gasteiger partial charge >= 0.3 is 10.5 Å². The number of para-hydroxylation sites is 2. The van der Waals surface area contributed by atoms with E-state index in [4.69, 9.17) is 0 Å². The standard InChI is InChI=1S/C14H10N2O2S.C8H9NO/c17-19(18)15-16-10-13(11-6-2-1-3-7-11)12-8-4-5-9-14(12)16;1-7(10)9-8-5-3-2-4-6-8/h1-10H;2-6H,1H3,(H,9,10). The maximum atomic E-state index is 10.8. The van der Waals surface area contributed by atoms with Gasteiger partial charge in [-0.05, 0) is 28.2 Å². The van der Waals surface area contributed by atoms with E-state index in [9.17, 15) is 13.2 Å². The van der Waals surface area contributed by atoms with Crippen LogP contribution in [0.15, 0.2) is 95.6 Å². The van der Waals surface area contributed by atoms with Crippen molar-refractivity contribution >= 4 is 33.0 Å². The highest BCUT2D eigenvalue weighted by atomic mass is 32.2. The van der Waals surface area contributed by atoms with Crippen LogP contribution in [0.1, 0.15) is 6.92 Å². The van der Waals surface area contributed by atoms with Crippen molar-refractivity contribution in [1.82, 2.24) is 4.68 Å². The zero-order valence-electron chi connectivity index (χ0n) is 15.7. The fraction of sp³-hybridized carbons (Fsp3) is 0.0455. The first-order chi connectivity index (χ1) is 14.0. The van der Waals surface area contributed by atoms with E-state index in [0.29, 0.717) is 0 Å². The van der Waals surface area contributed by atoms with Gasteiger partial charge in [-0.15, -0.1) is 0 Å². The molecule has 7 heteroatoms. The predicted octanol–water partition coefficient (Wildman–Crippen LogP) is 4.78. The largest absolute Gasteiger partial charge is 0.333 e. The lowest BCUT2D eigenvalue weighted by Gasteiger charge is -1.98. The zero-order valence-corrected chi connectivity index (χ0v) is 16.5. The van der Waals surface area contributed by atoms with Crippen LogP contribution in [-0.2, 0) is 15.3 Å². The Morgan fingerprint density at radius 1 is 0.862 bits per heavy atom. The summed E-state index contributed by atoms with van der Waals surface area (Å²) in [6.07, 6.45) is 1.73. The number of aromatic nitrogens is 1. The van der Waals surface area contributed by atoms with Crippen LogP contribution in [-0.4, -0.2) is 19.0 Å². The lowest BCUT2D eigenvalue weighted by molar-refractivity contribution is -0.114. The molecule has 29 heavy (non-hydrogen) atoms. The van der Waals surface area contributed by atoms with Gasteiger partial charge in [-0.2, -0.15) is 8.42 Å². The third-order valence-corrected chi connectivity index (χ3v) is 4.34. The molecule has 0 bridgehead atoms. The molecule has 4 rings (SSSR count). The van der Waals surface area contributed by atoms with Crippen molar-refractivity contribution in [3.05, 3.63) is 91.1 Å². The van der Waals surface area contributed by atoms with E-state index in [-0.39, 0.29) is 5.91 Å². The number of fused-ring (bicyclic) bond motifs is 1. The number of carbonyl (C=O) groups is 1. The van der Waals surface area contributed by atoms with Crippen LogP contribution in [0.3, 0.4) is 0 Å². The third-order valence-electron chi connectivity index (χ3n) is 4.03. The molecule has 1 N–H and O–H groups in total. The van der Waals surface area contributed by atoms with Crippen molar-refractivity contribution < 1.29 is 13.2 Å². The Morgan fingerprint density at radius 2 is 1.45 bits per heavy atom. The van der Waals surface area contributed by atoms with E-state index in [1.165, 1.54) is 11.6 Å². The smallest absolute Gasteiger partial charge is 0.326 e. The third kappa shape index (κ3) is 5.40. The number of amides is 1. The zero-order chi connectivity index (χ0) is 20.6. The van der Waals surface area contributed by atoms with E-state index >= 15 is 0 Å². The minimum atomic E-state index is -2.48. The van der Waals surface area contributed by atoms with Crippen LogP contribution in [0.25, 0.3) is 22.0 Å². The first-order valence-electron chi connectivity index (χ1n) is 8.84. The van der Waals surface area contributed by atoms with Gasteiger partial charge in [0, 0.05) is 29.8 Å². The SMILES string of the molecule is CC(=O)Nc1ccccc1.O=S(=O)=Nn1cc(-c2ccccc2)c2ccccc21. The van der Waals surface area contributed by atoms with E-state index in [0.717, 1.165) is 27.7 Å². The summed E-state index contributed by atoms with van der Waals surface area (Å²) in [6.45, 7) is 1.49. The van der Waals surface area contributed by atoms with E-state index in [1.54, 1.807) is 6.20 Å². The lowest BCUT2D eigenvalue weighted by Crippen LogP contribution is -2.04. The Hall–Kier alpha value is -3.71. The van der Waals surface area contributed by atoms with E-state index in [2.05, 4.69) is 9.79 Å². The van der Waals surface area contributed by atoms with Gasteiger partial charge in [-0.25, -0.2) is 4.68 Å². The molecular weight excluding hydrogens is 386 g/mol. The quantitative estimate of drug-likeness (QED) is 0.533.